The number of thiazole rings is 1. The molecule has 2 rings (SSSR count). The van der Waals surface area contributed by atoms with Gasteiger partial charge in [0.05, 0.1) is 5.69 Å². The van der Waals surface area contributed by atoms with Crippen molar-refractivity contribution < 1.29 is 0 Å². The van der Waals surface area contributed by atoms with Gasteiger partial charge in [-0.2, -0.15) is 11.8 Å². The van der Waals surface area contributed by atoms with Gasteiger partial charge in [-0.3, -0.25) is 0 Å². The maximum absolute atomic E-state index is 4.97. The van der Waals surface area contributed by atoms with E-state index in [-0.39, 0.29) is 0 Å². The van der Waals surface area contributed by atoms with E-state index < -0.39 is 0 Å². The third-order valence-electron chi connectivity index (χ3n) is 3.59. The molecule has 0 bridgehead atoms. The second-order valence-corrected chi connectivity index (χ2v) is 8.72. The van der Waals surface area contributed by atoms with Gasteiger partial charge in [-0.1, -0.05) is 27.7 Å². The number of thioether (sulfide) groups is 1. The second kappa shape index (κ2) is 8.39. The molecular formula is C16H29N3S2. The maximum atomic E-state index is 4.97. The van der Waals surface area contributed by atoms with E-state index in [0.717, 1.165) is 26.2 Å². The first-order chi connectivity index (χ1) is 10.1. The van der Waals surface area contributed by atoms with Crippen molar-refractivity contribution in [3.05, 3.63) is 10.6 Å². The molecule has 0 radical (unpaired) electrons. The van der Waals surface area contributed by atoms with E-state index in [0.29, 0.717) is 11.8 Å². The molecule has 120 valence electrons. The van der Waals surface area contributed by atoms with Crippen molar-refractivity contribution in [2.45, 2.75) is 46.6 Å². The lowest BCUT2D eigenvalue weighted by Gasteiger charge is -2.18. The van der Waals surface area contributed by atoms with Crippen LogP contribution in [-0.4, -0.2) is 36.1 Å². The maximum Gasteiger partial charge on any atom is 0.185 e. The van der Waals surface area contributed by atoms with E-state index in [9.17, 15) is 0 Å². The molecule has 0 saturated carbocycles. The van der Waals surface area contributed by atoms with Gasteiger partial charge in [-0.25, -0.2) is 4.98 Å². The van der Waals surface area contributed by atoms with Crippen LogP contribution in [0, 0.1) is 5.92 Å². The van der Waals surface area contributed by atoms with E-state index in [2.05, 4.69) is 49.7 Å². The van der Waals surface area contributed by atoms with Crippen LogP contribution < -0.4 is 10.2 Å². The summed E-state index contributed by atoms with van der Waals surface area (Å²) in [6.07, 6.45) is 1.28. The zero-order valence-electron chi connectivity index (χ0n) is 13.8. The minimum absolute atomic E-state index is 0.507. The van der Waals surface area contributed by atoms with Crippen LogP contribution in [0.25, 0.3) is 0 Å². The van der Waals surface area contributed by atoms with Gasteiger partial charge in [0.2, 0.25) is 0 Å². The van der Waals surface area contributed by atoms with Crippen molar-refractivity contribution >= 4 is 28.2 Å². The first-order valence-electron chi connectivity index (χ1n) is 8.11. The molecular weight excluding hydrogens is 298 g/mol. The molecule has 5 heteroatoms. The monoisotopic (exact) mass is 327 g/mol. The Labute approximate surface area is 137 Å². The second-order valence-electron chi connectivity index (χ2n) is 6.44. The Balaban J connectivity index is 2.08. The molecule has 2 heterocycles. The van der Waals surface area contributed by atoms with Gasteiger partial charge in [0.15, 0.2) is 5.13 Å². The van der Waals surface area contributed by atoms with Crippen LogP contribution in [0.15, 0.2) is 0 Å². The Morgan fingerprint density at radius 3 is 2.71 bits per heavy atom. The van der Waals surface area contributed by atoms with Crippen molar-refractivity contribution in [1.29, 1.82) is 0 Å². The lowest BCUT2D eigenvalue weighted by atomic mass is 10.1. The summed E-state index contributed by atoms with van der Waals surface area (Å²) in [4.78, 5) is 8.88. The zero-order chi connectivity index (χ0) is 15.2. The quantitative estimate of drug-likeness (QED) is 0.856. The lowest BCUT2D eigenvalue weighted by Crippen LogP contribution is -2.25. The van der Waals surface area contributed by atoms with E-state index in [4.69, 9.17) is 4.98 Å². The highest BCUT2D eigenvalue weighted by molar-refractivity contribution is 7.99. The van der Waals surface area contributed by atoms with Crippen LogP contribution in [0.2, 0.25) is 0 Å². The smallest absolute Gasteiger partial charge is 0.185 e. The number of nitrogens with one attached hydrogen (secondary N) is 1. The number of rotatable bonds is 6. The van der Waals surface area contributed by atoms with Gasteiger partial charge in [-0.15, -0.1) is 11.3 Å². The third kappa shape index (κ3) is 5.15. The topological polar surface area (TPSA) is 28.2 Å². The molecule has 0 spiro atoms. The highest BCUT2D eigenvalue weighted by Crippen LogP contribution is 2.31. The van der Waals surface area contributed by atoms with Gasteiger partial charge in [0, 0.05) is 30.3 Å². The van der Waals surface area contributed by atoms with Gasteiger partial charge < -0.3 is 10.2 Å². The Morgan fingerprint density at radius 1 is 1.19 bits per heavy atom. The molecule has 1 saturated heterocycles. The first kappa shape index (κ1) is 17.1. The average molecular weight is 328 g/mol. The van der Waals surface area contributed by atoms with Crippen molar-refractivity contribution in [3.8, 4) is 0 Å². The lowest BCUT2D eigenvalue weighted by molar-refractivity contribution is 0.552. The summed E-state index contributed by atoms with van der Waals surface area (Å²) in [5, 5.41) is 4.81. The van der Waals surface area contributed by atoms with Crippen molar-refractivity contribution in [3.63, 3.8) is 0 Å². The van der Waals surface area contributed by atoms with E-state index in [1.807, 2.05) is 11.3 Å². The van der Waals surface area contributed by atoms with E-state index in [1.165, 1.54) is 33.6 Å². The number of hydrogen-bond donors (Lipinski definition) is 1. The molecule has 0 aliphatic carbocycles. The number of nitrogens with zero attached hydrogens (tertiary/aromatic N) is 2. The molecule has 1 aromatic heterocycles. The number of anilines is 1. The SMILES string of the molecule is CC(C)CNCc1sc(N2CCCSCC2)nc1C(C)C. The van der Waals surface area contributed by atoms with Crippen LogP contribution in [0.5, 0.6) is 0 Å². The van der Waals surface area contributed by atoms with E-state index >= 15 is 0 Å². The normalized spacial score (nSPS) is 16.8. The summed E-state index contributed by atoms with van der Waals surface area (Å²) in [5.41, 5.74) is 1.29. The molecule has 0 atom stereocenters. The van der Waals surface area contributed by atoms with Crippen LogP contribution in [-0.2, 0) is 6.54 Å². The fourth-order valence-electron chi connectivity index (χ4n) is 2.48. The summed E-state index contributed by atoms with van der Waals surface area (Å²) in [6.45, 7) is 13.4. The molecule has 1 aliphatic heterocycles. The van der Waals surface area contributed by atoms with Gasteiger partial charge in [0.25, 0.3) is 0 Å². The van der Waals surface area contributed by atoms with Crippen molar-refractivity contribution in [1.82, 2.24) is 10.3 Å². The Hall–Kier alpha value is -0.260. The molecule has 0 aromatic carbocycles. The molecule has 21 heavy (non-hydrogen) atoms. The third-order valence-corrected chi connectivity index (χ3v) is 5.77. The Kier molecular flexibility index (Phi) is 6.83. The number of aromatic nitrogens is 1. The first-order valence-corrected chi connectivity index (χ1v) is 10.1. The molecule has 0 unspecified atom stereocenters. The molecule has 3 nitrogen and oxygen atoms in total. The molecule has 0 amide bonds. The van der Waals surface area contributed by atoms with Gasteiger partial charge in [-0.05, 0) is 30.6 Å². The number of hydrogen-bond acceptors (Lipinski definition) is 5. The largest absolute Gasteiger partial charge is 0.347 e. The summed E-state index contributed by atoms with van der Waals surface area (Å²) >= 11 is 3.97. The Bertz CT molecular complexity index is 421. The van der Waals surface area contributed by atoms with Gasteiger partial charge >= 0.3 is 0 Å². The fraction of sp³-hybridized carbons (Fsp3) is 0.812. The van der Waals surface area contributed by atoms with Crippen LogP contribution in [0.4, 0.5) is 5.13 Å². The van der Waals surface area contributed by atoms with E-state index in [1.54, 1.807) is 0 Å². The molecule has 1 aromatic rings. The highest BCUT2D eigenvalue weighted by atomic mass is 32.2. The zero-order valence-corrected chi connectivity index (χ0v) is 15.4. The van der Waals surface area contributed by atoms with Gasteiger partial charge in [0.1, 0.15) is 0 Å². The minimum Gasteiger partial charge on any atom is -0.347 e. The predicted octanol–water partition coefficient (Wildman–Crippen LogP) is 3.96. The molecule has 1 fully saturated rings. The highest BCUT2D eigenvalue weighted by Gasteiger charge is 2.19. The standard InChI is InChI=1S/C16H29N3S2/c1-12(2)10-17-11-14-15(13(3)4)18-16(21-14)19-6-5-8-20-9-7-19/h12-13,17H,5-11H2,1-4H3. The fourth-order valence-corrected chi connectivity index (χ4v) is 4.60. The van der Waals surface area contributed by atoms with Crippen LogP contribution in [0.3, 0.4) is 0 Å². The summed E-state index contributed by atoms with van der Waals surface area (Å²) in [6, 6.07) is 0. The van der Waals surface area contributed by atoms with Crippen LogP contribution >= 0.6 is 23.1 Å². The predicted molar refractivity (Wildman–Crippen MR) is 96.9 cm³/mol. The summed E-state index contributed by atoms with van der Waals surface area (Å²) in [5.74, 6) is 3.73. The summed E-state index contributed by atoms with van der Waals surface area (Å²) in [7, 11) is 0. The van der Waals surface area contributed by atoms with Crippen molar-refractivity contribution in [2.75, 3.05) is 36.0 Å². The average Bonchev–Trinajstić information content (AvgIpc) is 2.67. The molecule has 1 N–H and O–H groups in total. The Morgan fingerprint density at radius 2 is 2.00 bits per heavy atom. The molecule has 1 aliphatic rings. The minimum atomic E-state index is 0.507. The van der Waals surface area contributed by atoms with Crippen molar-refractivity contribution in [2.24, 2.45) is 5.92 Å². The van der Waals surface area contributed by atoms with Crippen LogP contribution in [0.1, 0.15) is 50.6 Å². The summed E-state index contributed by atoms with van der Waals surface area (Å²) < 4.78 is 0.